The molecule has 7 heteroatoms. The summed E-state index contributed by atoms with van der Waals surface area (Å²) in [4.78, 5) is 8.89. The topological polar surface area (TPSA) is 37.2 Å². The molecule has 0 atom stereocenters. The highest BCUT2D eigenvalue weighted by atomic mass is 35.5. The van der Waals surface area contributed by atoms with Gasteiger partial charge in [-0.2, -0.15) is 5.10 Å². The fourth-order valence-corrected chi connectivity index (χ4v) is 3.53. The van der Waals surface area contributed by atoms with Crippen molar-refractivity contribution in [2.24, 2.45) is 0 Å². The Hall–Kier alpha value is -2.44. The number of pyridine rings is 1. The molecule has 1 aliphatic rings. The second kappa shape index (κ2) is 7.43. The highest BCUT2D eigenvalue weighted by molar-refractivity contribution is 6.32. The summed E-state index contributed by atoms with van der Waals surface area (Å²) in [5.41, 5.74) is 1.84. The minimum atomic E-state index is -0.227. The predicted molar refractivity (Wildman–Crippen MR) is 100 cm³/mol. The first kappa shape index (κ1) is 17.0. The number of aromatic nitrogens is 3. The van der Waals surface area contributed by atoms with Gasteiger partial charge in [0.15, 0.2) is 0 Å². The SMILES string of the molecule is Fc1ccc(-n2cccn2)c(CN2CCN(c3ncccc3Cl)CC2)c1. The lowest BCUT2D eigenvalue weighted by Crippen LogP contribution is -2.46. The van der Waals surface area contributed by atoms with Crippen LogP contribution < -0.4 is 4.90 Å². The van der Waals surface area contributed by atoms with Crippen LogP contribution in [0.25, 0.3) is 5.69 Å². The molecule has 3 aromatic rings. The number of anilines is 1. The monoisotopic (exact) mass is 371 g/mol. The maximum absolute atomic E-state index is 13.8. The molecule has 0 saturated carbocycles. The van der Waals surface area contributed by atoms with Crippen molar-refractivity contribution in [3.63, 3.8) is 0 Å². The lowest BCUT2D eigenvalue weighted by atomic mass is 10.1. The molecule has 0 aliphatic carbocycles. The molecule has 0 radical (unpaired) electrons. The average Bonchev–Trinajstić information content (AvgIpc) is 3.18. The Balaban J connectivity index is 1.47. The predicted octanol–water partition coefficient (Wildman–Crippen LogP) is 3.38. The number of piperazine rings is 1. The van der Waals surface area contributed by atoms with Gasteiger partial charge in [0.1, 0.15) is 11.6 Å². The Kier molecular flexibility index (Phi) is 4.86. The molecule has 1 saturated heterocycles. The zero-order valence-electron chi connectivity index (χ0n) is 14.2. The van der Waals surface area contributed by atoms with Crippen molar-refractivity contribution < 1.29 is 4.39 Å². The molecule has 2 aromatic heterocycles. The molecule has 0 spiro atoms. The molecular formula is C19H19ClFN5. The highest BCUT2D eigenvalue weighted by Gasteiger charge is 2.21. The standard InChI is InChI=1S/C19H19ClFN5/c20-17-3-1-6-22-19(17)25-11-9-24(10-12-25)14-15-13-16(21)4-5-18(15)26-8-2-7-23-26/h1-8,13H,9-12,14H2. The number of hydrogen-bond acceptors (Lipinski definition) is 4. The fraction of sp³-hybridized carbons (Fsp3) is 0.263. The van der Waals surface area contributed by atoms with Crippen LogP contribution in [0.15, 0.2) is 55.0 Å². The molecule has 3 heterocycles. The van der Waals surface area contributed by atoms with E-state index in [9.17, 15) is 4.39 Å². The second-order valence-corrected chi connectivity index (χ2v) is 6.70. The van der Waals surface area contributed by atoms with Gasteiger partial charge in [0, 0.05) is 51.3 Å². The van der Waals surface area contributed by atoms with Crippen LogP contribution in [0.1, 0.15) is 5.56 Å². The Labute approximate surface area is 156 Å². The van der Waals surface area contributed by atoms with Crippen LogP contribution in [0.5, 0.6) is 0 Å². The van der Waals surface area contributed by atoms with Crippen molar-refractivity contribution in [2.75, 3.05) is 31.1 Å². The van der Waals surface area contributed by atoms with E-state index in [1.807, 2.05) is 24.4 Å². The molecule has 134 valence electrons. The van der Waals surface area contributed by atoms with E-state index < -0.39 is 0 Å². The maximum atomic E-state index is 13.8. The van der Waals surface area contributed by atoms with E-state index in [1.165, 1.54) is 6.07 Å². The number of hydrogen-bond donors (Lipinski definition) is 0. The van der Waals surface area contributed by atoms with Crippen LogP contribution >= 0.6 is 11.6 Å². The molecule has 1 fully saturated rings. The smallest absolute Gasteiger partial charge is 0.147 e. The largest absolute Gasteiger partial charge is 0.353 e. The summed E-state index contributed by atoms with van der Waals surface area (Å²) in [7, 11) is 0. The zero-order chi connectivity index (χ0) is 17.9. The van der Waals surface area contributed by atoms with Crippen molar-refractivity contribution in [3.05, 3.63) is 71.4 Å². The summed E-state index contributed by atoms with van der Waals surface area (Å²) >= 11 is 6.25. The normalized spacial score (nSPS) is 15.4. The van der Waals surface area contributed by atoms with Crippen LogP contribution in [-0.2, 0) is 6.54 Å². The Bertz CT molecular complexity index is 875. The molecule has 0 bridgehead atoms. The van der Waals surface area contributed by atoms with Crippen LogP contribution in [0.4, 0.5) is 10.2 Å². The number of halogens is 2. The number of rotatable bonds is 4. The van der Waals surface area contributed by atoms with Crippen molar-refractivity contribution in [2.45, 2.75) is 6.54 Å². The summed E-state index contributed by atoms with van der Waals surface area (Å²) in [5, 5.41) is 4.95. The third-order valence-electron chi connectivity index (χ3n) is 4.60. The summed E-state index contributed by atoms with van der Waals surface area (Å²) in [5.74, 6) is 0.603. The van der Waals surface area contributed by atoms with Gasteiger partial charge < -0.3 is 4.90 Å². The van der Waals surface area contributed by atoms with Gasteiger partial charge in [-0.25, -0.2) is 14.1 Å². The molecule has 1 aromatic carbocycles. The Morgan fingerprint density at radius 3 is 2.62 bits per heavy atom. The first-order valence-corrected chi connectivity index (χ1v) is 8.95. The third-order valence-corrected chi connectivity index (χ3v) is 4.89. The molecule has 26 heavy (non-hydrogen) atoms. The van der Waals surface area contributed by atoms with Gasteiger partial charge >= 0.3 is 0 Å². The van der Waals surface area contributed by atoms with Crippen LogP contribution in [-0.4, -0.2) is 45.8 Å². The van der Waals surface area contributed by atoms with Gasteiger partial charge in [-0.15, -0.1) is 0 Å². The van der Waals surface area contributed by atoms with Gasteiger partial charge in [-0.1, -0.05) is 11.6 Å². The molecule has 0 amide bonds. The molecule has 0 unspecified atom stereocenters. The quantitative estimate of drug-likeness (QED) is 0.704. The van der Waals surface area contributed by atoms with Crippen LogP contribution in [0.2, 0.25) is 5.02 Å². The lowest BCUT2D eigenvalue weighted by molar-refractivity contribution is 0.249. The highest BCUT2D eigenvalue weighted by Crippen LogP contribution is 2.24. The fourth-order valence-electron chi connectivity index (χ4n) is 3.28. The van der Waals surface area contributed by atoms with Crippen LogP contribution in [0.3, 0.4) is 0 Å². The third kappa shape index (κ3) is 3.57. The van der Waals surface area contributed by atoms with Crippen molar-refractivity contribution >= 4 is 17.4 Å². The summed E-state index contributed by atoms with van der Waals surface area (Å²) in [6, 6.07) is 10.4. The lowest BCUT2D eigenvalue weighted by Gasteiger charge is -2.36. The van der Waals surface area contributed by atoms with Crippen LogP contribution in [0, 0.1) is 5.82 Å². The second-order valence-electron chi connectivity index (χ2n) is 6.30. The minimum Gasteiger partial charge on any atom is -0.353 e. The zero-order valence-corrected chi connectivity index (χ0v) is 15.0. The van der Waals surface area contributed by atoms with Crippen molar-refractivity contribution in [1.29, 1.82) is 0 Å². The molecule has 1 aliphatic heterocycles. The number of benzene rings is 1. The van der Waals surface area contributed by atoms with Crippen molar-refractivity contribution in [1.82, 2.24) is 19.7 Å². The van der Waals surface area contributed by atoms with E-state index >= 15 is 0 Å². The van der Waals surface area contributed by atoms with E-state index in [2.05, 4.69) is 19.9 Å². The van der Waals surface area contributed by atoms with Gasteiger partial charge in [0.05, 0.1) is 10.7 Å². The summed E-state index contributed by atoms with van der Waals surface area (Å²) in [6.07, 6.45) is 5.36. The van der Waals surface area contributed by atoms with Crippen molar-refractivity contribution in [3.8, 4) is 5.69 Å². The summed E-state index contributed by atoms with van der Waals surface area (Å²) in [6.45, 7) is 4.08. The minimum absolute atomic E-state index is 0.227. The van der Waals surface area contributed by atoms with Gasteiger partial charge in [-0.3, -0.25) is 4.90 Å². The van der Waals surface area contributed by atoms with E-state index in [0.717, 1.165) is 43.2 Å². The van der Waals surface area contributed by atoms with E-state index in [0.29, 0.717) is 11.6 Å². The van der Waals surface area contributed by atoms with E-state index in [-0.39, 0.29) is 5.82 Å². The first-order valence-electron chi connectivity index (χ1n) is 8.57. The molecule has 0 N–H and O–H groups in total. The molecule has 4 rings (SSSR count). The van der Waals surface area contributed by atoms with Gasteiger partial charge in [-0.05, 0) is 42.0 Å². The maximum Gasteiger partial charge on any atom is 0.147 e. The first-order chi connectivity index (χ1) is 12.7. The molecule has 5 nitrogen and oxygen atoms in total. The molecular weight excluding hydrogens is 353 g/mol. The average molecular weight is 372 g/mol. The van der Waals surface area contributed by atoms with Gasteiger partial charge in [0.25, 0.3) is 0 Å². The van der Waals surface area contributed by atoms with Gasteiger partial charge in [0.2, 0.25) is 0 Å². The number of nitrogens with zero attached hydrogens (tertiary/aromatic N) is 5. The Morgan fingerprint density at radius 2 is 1.88 bits per heavy atom. The van der Waals surface area contributed by atoms with E-state index in [4.69, 9.17) is 11.6 Å². The Morgan fingerprint density at radius 1 is 1.04 bits per heavy atom. The van der Waals surface area contributed by atoms with E-state index in [1.54, 1.807) is 29.2 Å². The summed E-state index contributed by atoms with van der Waals surface area (Å²) < 4.78 is 15.6.